The Hall–Kier alpha value is -2.54. The summed E-state index contributed by atoms with van der Waals surface area (Å²) in [6, 6.07) is 9.29. The number of esters is 1. The van der Waals surface area contributed by atoms with Crippen molar-refractivity contribution in [3.63, 3.8) is 0 Å². The van der Waals surface area contributed by atoms with Crippen LogP contribution in [0, 0.1) is 0 Å². The molecular weight excluding hydrogens is 371 g/mol. The van der Waals surface area contributed by atoms with Crippen molar-refractivity contribution in [3.8, 4) is 16.9 Å². The first-order chi connectivity index (χ1) is 13.3. The third-order valence-corrected chi connectivity index (χ3v) is 4.72. The predicted octanol–water partition coefficient (Wildman–Crippen LogP) is 4.35. The van der Waals surface area contributed by atoms with E-state index < -0.39 is 11.7 Å². The highest BCUT2D eigenvalue weighted by Gasteiger charge is 2.31. The van der Waals surface area contributed by atoms with Crippen molar-refractivity contribution >= 4 is 5.97 Å². The fraction of sp³-hybridized carbons (Fsp3) is 0.381. The lowest BCUT2D eigenvalue weighted by Crippen LogP contribution is -2.17. The zero-order valence-corrected chi connectivity index (χ0v) is 15.7. The van der Waals surface area contributed by atoms with Crippen molar-refractivity contribution in [2.75, 3.05) is 14.2 Å². The quantitative estimate of drug-likeness (QED) is 0.711. The van der Waals surface area contributed by atoms with Crippen LogP contribution in [-0.2, 0) is 28.7 Å². The highest BCUT2D eigenvalue weighted by molar-refractivity contribution is 5.77. The molecule has 7 heteroatoms. The lowest BCUT2D eigenvalue weighted by molar-refractivity contribution is -0.140. The number of hydrogen-bond donors (Lipinski definition) is 1. The minimum Gasteiger partial charge on any atom is -0.496 e. The number of rotatable bonds is 7. The molecule has 0 spiro atoms. The van der Waals surface area contributed by atoms with Crippen LogP contribution in [0.5, 0.6) is 5.75 Å². The summed E-state index contributed by atoms with van der Waals surface area (Å²) in [6.45, 7) is 0.328. The van der Waals surface area contributed by atoms with Crippen molar-refractivity contribution < 1.29 is 27.4 Å². The van der Waals surface area contributed by atoms with Gasteiger partial charge in [0.25, 0.3) is 0 Å². The van der Waals surface area contributed by atoms with Gasteiger partial charge < -0.3 is 14.8 Å². The number of nitrogens with one attached hydrogen (secondary N) is 1. The summed E-state index contributed by atoms with van der Waals surface area (Å²) in [4.78, 5) is 11.6. The molecule has 2 aromatic carbocycles. The summed E-state index contributed by atoms with van der Waals surface area (Å²) in [5.74, 6) is 0.139. The van der Waals surface area contributed by atoms with Gasteiger partial charge >= 0.3 is 12.1 Å². The van der Waals surface area contributed by atoms with Crippen molar-refractivity contribution in [3.05, 3.63) is 53.1 Å². The summed E-state index contributed by atoms with van der Waals surface area (Å²) < 4.78 is 49.7. The summed E-state index contributed by atoms with van der Waals surface area (Å²) in [5.41, 5.74) is 1.84. The third kappa shape index (κ3) is 4.84. The van der Waals surface area contributed by atoms with Gasteiger partial charge in [0.2, 0.25) is 0 Å². The van der Waals surface area contributed by atoms with Crippen LogP contribution in [0.15, 0.2) is 36.4 Å². The van der Waals surface area contributed by atoms with Gasteiger partial charge in [0.15, 0.2) is 0 Å². The maximum atomic E-state index is 13.2. The van der Waals surface area contributed by atoms with E-state index in [0.717, 1.165) is 18.9 Å². The minimum atomic E-state index is -4.41. The molecule has 0 bridgehead atoms. The number of benzene rings is 2. The number of hydrogen-bond acceptors (Lipinski definition) is 4. The third-order valence-electron chi connectivity index (χ3n) is 4.72. The minimum absolute atomic E-state index is 0.0732. The predicted molar refractivity (Wildman–Crippen MR) is 99.0 cm³/mol. The first-order valence-electron chi connectivity index (χ1n) is 8.99. The maximum absolute atomic E-state index is 13.2. The molecule has 0 amide bonds. The Morgan fingerprint density at radius 3 is 2.46 bits per heavy atom. The van der Waals surface area contributed by atoms with E-state index in [4.69, 9.17) is 9.47 Å². The molecule has 0 aliphatic heterocycles. The van der Waals surface area contributed by atoms with E-state index in [9.17, 15) is 18.0 Å². The van der Waals surface area contributed by atoms with Crippen LogP contribution in [0.1, 0.15) is 29.5 Å². The van der Waals surface area contributed by atoms with Crippen LogP contribution in [0.25, 0.3) is 11.1 Å². The van der Waals surface area contributed by atoms with Crippen LogP contribution < -0.4 is 10.1 Å². The lowest BCUT2D eigenvalue weighted by Gasteiger charge is -2.17. The van der Waals surface area contributed by atoms with E-state index in [1.807, 2.05) is 0 Å². The van der Waals surface area contributed by atoms with Gasteiger partial charge in [-0.05, 0) is 53.8 Å². The Morgan fingerprint density at radius 1 is 1.11 bits per heavy atom. The molecule has 1 saturated carbocycles. The standard InChI is InChI=1S/C21H22F3NO3/c1-27-19-8-3-13(10-20(26)28-2)9-18(19)17-7-4-15(21(22,23)24)11-14(17)12-25-16-5-6-16/h3-4,7-9,11,16,25H,5-6,10,12H2,1-2H3. The molecule has 1 fully saturated rings. The number of alkyl halides is 3. The Morgan fingerprint density at radius 2 is 1.86 bits per heavy atom. The molecule has 4 nitrogen and oxygen atoms in total. The average molecular weight is 393 g/mol. The topological polar surface area (TPSA) is 47.6 Å². The summed E-state index contributed by atoms with van der Waals surface area (Å²) in [6.07, 6.45) is -2.27. The number of carbonyl (C=O) groups is 1. The maximum Gasteiger partial charge on any atom is 0.416 e. The second-order valence-electron chi connectivity index (χ2n) is 6.81. The zero-order valence-electron chi connectivity index (χ0n) is 15.7. The molecule has 3 rings (SSSR count). The lowest BCUT2D eigenvalue weighted by atomic mass is 9.94. The largest absolute Gasteiger partial charge is 0.496 e. The van der Waals surface area contributed by atoms with E-state index in [0.29, 0.717) is 40.6 Å². The first kappa shape index (κ1) is 20.2. The van der Waals surface area contributed by atoms with Gasteiger partial charge in [0, 0.05) is 18.2 Å². The molecule has 0 heterocycles. The number of methoxy groups -OCH3 is 2. The van der Waals surface area contributed by atoms with Gasteiger partial charge in [-0.3, -0.25) is 4.79 Å². The van der Waals surface area contributed by atoms with Gasteiger partial charge in [-0.1, -0.05) is 12.1 Å². The molecule has 28 heavy (non-hydrogen) atoms. The smallest absolute Gasteiger partial charge is 0.416 e. The van der Waals surface area contributed by atoms with E-state index >= 15 is 0 Å². The molecule has 1 N–H and O–H groups in total. The van der Waals surface area contributed by atoms with Crippen molar-refractivity contribution in [1.29, 1.82) is 0 Å². The van der Waals surface area contributed by atoms with Crippen LogP contribution in [0.4, 0.5) is 13.2 Å². The van der Waals surface area contributed by atoms with Gasteiger partial charge in [0.05, 0.1) is 26.2 Å². The fourth-order valence-corrected chi connectivity index (χ4v) is 3.04. The molecule has 1 aliphatic carbocycles. The SMILES string of the molecule is COC(=O)Cc1ccc(OC)c(-c2ccc(C(F)(F)F)cc2CNC2CC2)c1. The Labute approximate surface area is 161 Å². The van der Waals surface area contributed by atoms with Crippen LogP contribution in [0.3, 0.4) is 0 Å². The highest BCUT2D eigenvalue weighted by atomic mass is 19.4. The van der Waals surface area contributed by atoms with Crippen LogP contribution in [0.2, 0.25) is 0 Å². The monoisotopic (exact) mass is 393 g/mol. The molecular formula is C21H22F3NO3. The van der Waals surface area contributed by atoms with Gasteiger partial charge in [0.1, 0.15) is 5.75 Å². The molecule has 1 aliphatic rings. The normalized spacial score (nSPS) is 14.0. The van der Waals surface area contributed by atoms with E-state index in [1.165, 1.54) is 26.4 Å². The molecule has 2 aromatic rings. The average Bonchev–Trinajstić information content (AvgIpc) is 3.49. The fourth-order valence-electron chi connectivity index (χ4n) is 3.04. The Kier molecular flexibility index (Phi) is 5.93. The van der Waals surface area contributed by atoms with Crippen molar-refractivity contribution in [1.82, 2.24) is 5.32 Å². The van der Waals surface area contributed by atoms with Crippen LogP contribution in [-0.4, -0.2) is 26.2 Å². The second-order valence-corrected chi connectivity index (χ2v) is 6.81. The Bertz CT molecular complexity index is 860. The van der Waals surface area contributed by atoms with E-state index in [2.05, 4.69) is 5.32 Å². The van der Waals surface area contributed by atoms with Crippen molar-refractivity contribution in [2.45, 2.75) is 38.0 Å². The molecule has 0 radical (unpaired) electrons. The molecule has 0 saturated heterocycles. The van der Waals surface area contributed by atoms with Gasteiger partial charge in [-0.25, -0.2) is 0 Å². The first-order valence-corrected chi connectivity index (χ1v) is 8.99. The summed E-state index contributed by atoms with van der Waals surface area (Å²) in [7, 11) is 2.81. The highest BCUT2D eigenvalue weighted by Crippen LogP contribution is 2.37. The zero-order chi connectivity index (χ0) is 20.3. The second kappa shape index (κ2) is 8.22. The van der Waals surface area contributed by atoms with Crippen molar-refractivity contribution in [2.24, 2.45) is 0 Å². The molecule has 0 aromatic heterocycles. The molecule has 150 valence electrons. The van der Waals surface area contributed by atoms with Gasteiger partial charge in [-0.15, -0.1) is 0 Å². The number of carbonyl (C=O) groups excluding carboxylic acids is 1. The number of halogens is 3. The van der Waals surface area contributed by atoms with E-state index in [1.54, 1.807) is 18.2 Å². The molecule has 0 atom stereocenters. The summed E-state index contributed by atoms with van der Waals surface area (Å²) >= 11 is 0. The number of ether oxygens (including phenoxy) is 2. The van der Waals surface area contributed by atoms with Crippen LogP contribution >= 0.6 is 0 Å². The van der Waals surface area contributed by atoms with E-state index in [-0.39, 0.29) is 12.4 Å². The molecule has 0 unspecified atom stereocenters. The Balaban J connectivity index is 2.04. The summed E-state index contributed by atoms with van der Waals surface area (Å²) in [5, 5.41) is 3.27. The van der Waals surface area contributed by atoms with Gasteiger partial charge in [-0.2, -0.15) is 13.2 Å².